The van der Waals surface area contributed by atoms with Crippen molar-refractivity contribution in [1.29, 1.82) is 0 Å². The van der Waals surface area contributed by atoms with Crippen molar-refractivity contribution < 1.29 is 22.7 Å². The van der Waals surface area contributed by atoms with Gasteiger partial charge in [0.05, 0.1) is 0 Å². The first-order valence-electron chi connectivity index (χ1n) is 8.01. The highest BCUT2D eigenvalue weighted by Crippen LogP contribution is 2.64. The van der Waals surface area contributed by atoms with Gasteiger partial charge in [0.15, 0.2) is 0 Å². The van der Waals surface area contributed by atoms with E-state index in [0.717, 1.165) is 18.5 Å². The largest absolute Gasteiger partial charge is 0.490 e. The lowest BCUT2D eigenvalue weighted by Crippen LogP contribution is -2.43. The summed E-state index contributed by atoms with van der Waals surface area (Å²) in [5, 5.41) is 3.47. The molecular weight excluding hydrogens is 307 g/mol. The van der Waals surface area contributed by atoms with E-state index in [0.29, 0.717) is 18.8 Å². The van der Waals surface area contributed by atoms with Crippen LogP contribution in [-0.2, 0) is 9.53 Å². The summed E-state index contributed by atoms with van der Waals surface area (Å²) in [5.74, 6) is -1.42. The first kappa shape index (κ1) is 14.8. The number of halogens is 3. The highest BCUT2D eigenvalue weighted by Gasteiger charge is 2.67. The molecule has 0 spiro atoms. The van der Waals surface area contributed by atoms with Crippen LogP contribution in [0.2, 0.25) is 0 Å². The number of alkyl halides is 3. The third-order valence-electron chi connectivity index (χ3n) is 5.80. The quantitative estimate of drug-likeness (QED) is 0.860. The molecule has 0 amide bonds. The van der Waals surface area contributed by atoms with Crippen LogP contribution in [0.15, 0.2) is 30.3 Å². The summed E-state index contributed by atoms with van der Waals surface area (Å²) in [6.07, 6.45) is -1.97. The molecule has 23 heavy (non-hydrogen) atoms. The van der Waals surface area contributed by atoms with Crippen LogP contribution in [-0.4, -0.2) is 23.8 Å². The van der Waals surface area contributed by atoms with Gasteiger partial charge in [0.1, 0.15) is 5.60 Å². The Morgan fingerprint density at radius 1 is 1.22 bits per heavy atom. The van der Waals surface area contributed by atoms with Crippen molar-refractivity contribution in [1.82, 2.24) is 0 Å². The molecule has 0 aromatic heterocycles. The van der Waals surface area contributed by atoms with Crippen molar-refractivity contribution in [2.24, 2.45) is 17.8 Å². The molecular formula is C17H18F3NO2. The van der Waals surface area contributed by atoms with E-state index >= 15 is 0 Å². The Balaban J connectivity index is 1.56. The summed E-state index contributed by atoms with van der Waals surface area (Å²) >= 11 is 0. The molecule has 3 saturated carbocycles. The Hall–Kier alpha value is -1.72. The fourth-order valence-corrected chi connectivity index (χ4v) is 5.15. The van der Waals surface area contributed by atoms with Crippen LogP contribution in [0.1, 0.15) is 25.7 Å². The molecule has 1 unspecified atom stereocenters. The lowest BCUT2D eigenvalue weighted by molar-refractivity contribution is -0.217. The number of anilines is 1. The van der Waals surface area contributed by atoms with Gasteiger partial charge < -0.3 is 10.1 Å². The number of fused-ring (bicyclic) bond motifs is 1. The van der Waals surface area contributed by atoms with E-state index in [1.54, 1.807) is 0 Å². The van der Waals surface area contributed by atoms with Gasteiger partial charge in [-0.3, -0.25) is 0 Å². The van der Waals surface area contributed by atoms with Gasteiger partial charge in [0.2, 0.25) is 0 Å². The Bertz CT molecular complexity index is 618. The topological polar surface area (TPSA) is 38.3 Å². The summed E-state index contributed by atoms with van der Waals surface area (Å²) in [7, 11) is 0. The minimum absolute atomic E-state index is 0.0148. The summed E-state index contributed by atoms with van der Waals surface area (Å²) < 4.78 is 42.9. The molecule has 0 aliphatic heterocycles. The second kappa shape index (κ2) is 4.89. The maximum Gasteiger partial charge on any atom is 0.490 e. The van der Waals surface area contributed by atoms with Crippen molar-refractivity contribution >= 4 is 11.7 Å². The van der Waals surface area contributed by atoms with E-state index in [2.05, 4.69) is 5.32 Å². The van der Waals surface area contributed by atoms with Gasteiger partial charge in [-0.2, -0.15) is 13.2 Å². The Kier molecular flexibility index (Phi) is 3.15. The first-order chi connectivity index (χ1) is 10.9. The minimum Gasteiger partial charge on any atom is -0.452 e. The number of para-hydroxylation sites is 1. The van der Waals surface area contributed by atoms with Gasteiger partial charge in [0.25, 0.3) is 0 Å². The standard InChI is InChI=1S/C17H18F3NO2/c18-17(19,20)15(22)23-16-7-6-10-8-11(9-16)14(13(10)16)21-12-4-2-1-3-5-12/h1-5,10-11,13-14,21H,6-9H2/t10-,11-,13-,14?,16-/m1/s1. The van der Waals surface area contributed by atoms with Gasteiger partial charge in [0, 0.05) is 17.6 Å². The van der Waals surface area contributed by atoms with Crippen molar-refractivity contribution in [3.05, 3.63) is 30.3 Å². The zero-order valence-corrected chi connectivity index (χ0v) is 12.5. The summed E-state index contributed by atoms with van der Waals surface area (Å²) in [4.78, 5) is 11.4. The van der Waals surface area contributed by atoms with Crippen LogP contribution in [0.5, 0.6) is 0 Å². The predicted octanol–water partition coefficient (Wildman–Crippen LogP) is 3.76. The molecule has 5 atom stereocenters. The minimum atomic E-state index is -4.92. The highest BCUT2D eigenvalue weighted by atomic mass is 19.4. The van der Waals surface area contributed by atoms with E-state index < -0.39 is 17.7 Å². The molecule has 1 aromatic rings. The molecule has 6 heteroatoms. The van der Waals surface area contributed by atoms with Crippen molar-refractivity contribution in [3.63, 3.8) is 0 Å². The van der Waals surface area contributed by atoms with E-state index in [1.807, 2.05) is 30.3 Å². The number of ether oxygens (including phenoxy) is 1. The number of benzene rings is 1. The smallest absolute Gasteiger partial charge is 0.452 e. The van der Waals surface area contributed by atoms with Crippen LogP contribution < -0.4 is 5.32 Å². The Morgan fingerprint density at radius 3 is 2.65 bits per heavy atom. The summed E-state index contributed by atoms with van der Waals surface area (Å²) in [6, 6.07) is 9.76. The molecule has 3 aliphatic rings. The Morgan fingerprint density at radius 2 is 1.96 bits per heavy atom. The first-order valence-corrected chi connectivity index (χ1v) is 8.01. The van der Waals surface area contributed by atoms with Gasteiger partial charge >= 0.3 is 12.1 Å². The summed E-state index contributed by atoms with van der Waals surface area (Å²) in [5.41, 5.74) is 0.0418. The van der Waals surface area contributed by atoms with E-state index in [-0.39, 0.29) is 17.9 Å². The molecule has 1 N–H and O–H groups in total. The van der Waals surface area contributed by atoms with Crippen molar-refractivity contribution in [2.45, 2.75) is 43.5 Å². The molecule has 2 bridgehead atoms. The summed E-state index contributed by atoms with van der Waals surface area (Å²) in [6.45, 7) is 0. The Labute approximate surface area is 132 Å². The van der Waals surface area contributed by atoms with Gasteiger partial charge in [-0.05, 0) is 49.7 Å². The zero-order chi connectivity index (χ0) is 16.2. The number of hydrogen-bond donors (Lipinski definition) is 1. The number of carbonyl (C=O) groups excluding carboxylic acids is 1. The van der Waals surface area contributed by atoms with E-state index in [4.69, 9.17) is 4.74 Å². The van der Waals surface area contributed by atoms with Crippen LogP contribution in [0, 0.1) is 17.8 Å². The normalized spacial score (nSPS) is 37.9. The number of esters is 1. The second-order valence-corrected chi connectivity index (χ2v) is 7.01. The van der Waals surface area contributed by atoms with Gasteiger partial charge in [-0.25, -0.2) is 4.79 Å². The number of carbonyl (C=O) groups is 1. The van der Waals surface area contributed by atoms with Crippen molar-refractivity contribution in [2.75, 3.05) is 5.32 Å². The maximum atomic E-state index is 12.6. The van der Waals surface area contributed by atoms with Crippen LogP contribution in [0.25, 0.3) is 0 Å². The van der Waals surface area contributed by atoms with E-state index in [9.17, 15) is 18.0 Å². The second-order valence-electron chi connectivity index (χ2n) is 7.01. The van der Waals surface area contributed by atoms with Crippen LogP contribution in [0.3, 0.4) is 0 Å². The average molecular weight is 325 g/mol. The van der Waals surface area contributed by atoms with Gasteiger partial charge in [-0.1, -0.05) is 18.2 Å². The molecule has 3 aliphatic carbocycles. The molecule has 0 heterocycles. The lowest BCUT2D eigenvalue weighted by Gasteiger charge is -2.34. The number of rotatable bonds is 3. The SMILES string of the molecule is O=C(O[C@]12CC[C@@H]3C[C@H](C1)C(Nc1ccccc1)[C@@H]32)C(F)(F)F. The zero-order valence-electron chi connectivity index (χ0n) is 12.5. The molecule has 0 saturated heterocycles. The van der Waals surface area contributed by atoms with Gasteiger partial charge in [-0.15, -0.1) is 0 Å². The lowest BCUT2D eigenvalue weighted by atomic mass is 9.84. The van der Waals surface area contributed by atoms with Crippen LogP contribution in [0.4, 0.5) is 18.9 Å². The fraction of sp³-hybridized carbons (Fsp3) is 0.588. The third kappa shape index (κ3) is 2.30. The van der Waals surface area contributed by atoms with Crippen molar-refractivity contribution in [3.8, 4) is 0 Å². The molecule has 0 radical (unpaired) electrons. The molecule has 3 fully saturated rings. The molecule has 4 rings (SSSR count). The molecule has 3 nitrogen and oxygen atoms in total. The predicted molar refractivity (Wildman–Crippen MR) is 77.7 cm³/mol. The van der Waals surface area contributed by atoms with E-state index in [1.165, 1.54) is 0 Å². The molecule has 124 valence electrons. The van der Waals surface area contributed by atoms with Crippen LogP contribution >= 0.6 is 0 Å². The average Bonchev–Trinajstić information content (AvgIpc) is 3.03. The highest BCUT2D eigenvalue weighted by molar-refractivity contribution is 5.76. The fourth-order valence-electron chi connectivity index (χ4n) is 5.15. The number of nitrogens with one attached hydrogen (secondary N) is 1. The monoisotopic (exact) mass is 325 g/mol. The molecule has 1 aromatic carbocycles. The third-order valence-corrected chi connectivity index (χ3v) is 5.80. The maximum absolute atomic E-state index is 12.6. The number of hydrogen-bond acceptors (Lipinski definition) is 3.